The molecule has 0 amide bonds. The second-order valence-corrected chi connectivity index (χ2v) is 8.29. The number of aliphatic hydroxyl groups excluding tert-OH is 2. The summed E-state index contributed by atoms with van der Waals surface area (Å²) < 4.78 is 7.64. The summed E-state index contributed by atoms with van der Waals surface area (Å²) in [6, 6.07) is 0. The molecule has 10 heteroatoms. The van der Waals surface area contributed by atoms with Gasteiger partial charge in [-0.25, -0.2) is 15.0 Å². The van der Waals surface area contributed by atoms with Crippen LogP contribution in [0.2, 0.25) is 0 Å². The third-order valence-corrected chi connectivity index (χ3v) is 6.18. The third-order valence-electron chi connectivity index (χ3n) is 6.18. The number of nitrogens with zero attached hydrogens (tertiary/aromatic N) is 6. The summed E-state index contributed by atoms with van der Waals surface area (Å²) in [5.41, 5.74) is 7.16. The molecule has 3 fully saturated rings. The molecule has 3 aliphatic rings. The van der Waals surface area contributed by atoms with Crippen LogP contribution in [0.25, 0.3) is 11.2 Å². The van der Waals surface area contributed by atoms with Crippen molar-refractivity contribution >= 4 is 17.0 Å². The molecule has 10 nitrogen and oxygen atoms in total. The Bertz CT molecular complexity index is 852. The van der Waals surface area contributed by atoms with Gasteiger partial charge >= 0.3 is 0 Å². The molecule has 27 heavy (non-hydrogen) atoms. The number of likely N-dealkylation sites (tertiary alicyclic amines) is 2. The third kappa shape index (κ3) is 2.71. The molecule has 3 aliphatic heterocycles. The molecular weight excluding hydrogens is 350 g/mol. The molecule has 4 N–H and O–H groups in total. The maximum Gasteiger partial charge on any atom is 0.167 e. The first-order valence-corrected chi connectivity index (χ1v) is 9.31. The van der Waals surface area contributed by atoms with Gasteiger partial charge in [-0.1, -0.05) is 0 Å². The number of imidazole rings is 1. The van der Waals surface area contributed by atoms with Crippen molar-refractivity contribution in [2.75, 3.05) is 45.5 Å². The van der Waals surface area contributed by atoms with Crippen LogP contribution in [0.15, 0.2) is 12.7 Å². The van der Waals surface area contributed by atoms with Gasteiger partial charge in [-0.2, -0.15) is 0 Å². The first-order chi connectivity index (χ1) is 13.0. The predicted octanol–water partition coefficient (Wildman–Crippen LogP) is -1.33. The SMILES string of the molecule is CN1CCC2(C1)CN(C[C@H]1O[C@@H](n3cnc4c(N)ncnc43)[C@H](O)[C@@H]1O)C2. The zero-order valence-corrected chi connectivity index (χ0v) is 15.3. The summed E-state index contributed by atoms with van der Waals surface area (Å²) in [6.07, 6.45) is 0.859. The average Bonchev–Trinajstić information content (AvgIpc) is 3.28. The molecule has 0 radical (unpaired) electrons. The number of anilines is 1. The van der Waals surface area contributed by atoms with Gasteiger partial charge < -0.3 is 25.6 Å². The normalized spacial score (nSPS) is 33.9. The maximum atomic E-state index is 10.5. The first kappa shape index (κ1) is 17.3. The van der Waals surface area contributed by atoms with E-state index in [1.807, 2.05) is 0 Å². The Morgan fingerprint density at radius 3 is 2.78 bits per heavy atom. The van der Waals surface area contributed by atoms with E-state index in [9.17, 15) is 10.2 Å². The van der Waals surface area contributed by atoms with Crippen LogP contribution in [0.1, 0.15) is 12.6 Å². The summed E-state index contributed by atoms with van der Waals surface area (Å²) in [7, 11) is 2.16. The summed E-state index contributed by atoms with van der Waals surface area (Å²) in [5, 5.41) is 21.1. The molecule has 4 atom stereocenters. The Morgan fingerprint density at radius 1 is 1.22 bits per heavy atom. The summed E-state index contributed by atoms with van der Waals surface area (Å²) in [4.78, 5) is 17.0. The highest BCUT2D eigenvalue weighted by Crippen LogP contribution is 2.40. The highest BCUT2D eigenvalue weighted by molar-refractivity contribution is 5.81. The number of nitrogens with two attached hydrogens (primary N) is 1. The van der Waals surface area contributed by atoms with Crippen LogP contribution in [0.3, 0.4) is 0 Å². The van der Waals surface area contributed by atoms with Gasteiger partial charge in [-0.3, -0.25) is 9.47 Å². The van der Waals surface area contributed by atoms with Crippen LogP contribution in [0.4, 0.5) is 5.82 Å². The van der Waals surface area contributed by atoms with E-state index in [1.165, 1.54) is 19.1 Å². The number of aromatic nitrogens is 4. The molecule has 0 saturated carbocycles. The van der Waals surface area contributed by atoms with Crippen LogP contribution in [-0.4, -0.2) is 97.6 Å². The minimum absolute atomic E-state index is 0.274. The molecular formula is C17H25N7O3. The Labute approximate surface area is 156 Å². The van der Waals surface area contributed by atoms with Crippen molar-refractivity contribution in [1.82, 2.24) is 29.3 Å². The molecule has 5 heterocycles. The molecule has 5 rings (SSSR count). The number of aliphatic hydroxyl groups is 2. The quantitative estimate of drug-likeness (QED) is 0.598. The molecule has 3 saturated heterocycles. The topological polar surface area (TPSA) is 126 Å². The van der Waals surface area contributed by atoms with E-state index in [1.54, 1.807) is 4.57 Å². The molecule has 2 aromatic rings. The Kier molecular flexibility index (Phi) is 3.89. The molecule has 2 aromatic heterocycles. The number of rotatable bonds is 3. The molecule has 0 aromatic carbocycles. The van der Waals surface area contributed by atoms with E-state index in [4.69, 9.17) is 10.5 Å². The zero-order valence-electron chi connectivity index (χ0n) is 15.3. The van der Waals surface area contributed by atoms with E-state index < -0.39 is 24.5 Å². The molecule has 0 bridgehead atoms. The van der Waals surface area contributed by atoms with Gasteiger partial charge in [-0.15, -0.1) is 0 Å². The lowest BCUT2D eigenvalue weighted by molar-refractivity contribution is -0.0732. The maximum absolute atomic E-state index is 10.5. The smallest absolute Gasteiger partial charge is 0.167 e. The van der Waals surface area contributed by atoms with E-state index in [0.717, 1.165) is 26.2 Å². The number of nitrogen functional groups attached to an aromatic ring is 1. The standard InChI is InChI=1S/C17H25N7O3/c1-22-3-2-17(5-22)6-23(7-17)4-10-12(25)13(26)16(27-10)24-9-21-11-14(18)19-8-20-15(11)24/h8-10,12-13,16,25-26H,2-7H2,1H3,(H2,18,19,20)/t10-,12-,13-,16-/m1/s1. The van der Waals surface area contributed by atoms with Crippen molar-refractivity contribution in [3.05, 3.63) is 12.7 Å². The fourth-order valence-electron chi connectivity index (χ4n) is 4.87. The van der Waals surface area contributed by atoms with Crippen molar-refractivity contribution in [1.29, 1.82) is 0 Å². The van der Waals surface area contributed by atoms with Gasteiger partial charge in [-0.05, 0) is 20.0 Å². The zero-order chi connectivity index (χ0) is 18.8. The summed E-state index contributed by atoms with van der Waals surface area (Å²) >= 11 is 0. The van der Waals surface area contributed by atoms with Crippen LogP contribution < -0.4 is 5.73 Å². The lowest BCUT2D eigenvalue weighted by atomic mass is 9.79. The van der Waals surface area contributed by atoms with Crippen molar-refractivity contribution in [3.8, 4) is 0 Å². The van der Waals surface area contributed by atoms with Gasteiger partial charge in [0, 0.05) is 31.6 Å². The Morgan fingerprint density at radius 2 is 2.04 bits per heavy atom. The number of fused-ring (bicyclic) bond motifs is 1. The van der Waals surface area contributed by atoms with E-state index >= 15 is 0 Å². The minimum atomic E-state index is -1.06. The Hall–Kier alpha value is -1.85. The largest absolute Gasteiger partial charge is 0.387 e. The van der Waals surface area contributed by atoms with E-state index in [0.29, 0.717) is 23.1 Å². The lowest BCUT2D eigenvalue weighted by Gasteiger charge is -2.49. The van der Waals surface area contributed by atoms with Crippen molar-refractivity contribution in [2.24, 2.45) is 5.41 Å². The van der Waals surface area contributed by atoms with Gasteiger partial charge in [0.15, 0.2) is 17.7 Å². The highest BCUT2D eigenvalue weighted by Gasteiger charge is 2.50. The summed E-state index contributed by atoms with van der Waals surface area (Å²) in [5.74, 6) is 0.274. The lowest BCUT2D eigenvalue weighted by Crippen LogP contribution is -2.59. The fourth-order valence-corrected chi connectivity index (χ4v) is 4.87. The van der Waals surface area contributed by atoms with Crippen LogP contribution >= 0.6 is 0 Å². The van der Waals surface area contributed by atoms with Crippen LogP contribution in [-0.2, 0) is 4.74 Å². The van der Waals surface area contributed by atoms with Crippen molar-refractivity contribution < 1.29 is 14.9 Å². The minimum Gasteiger partial charge on any atom is -0.387 e. The molecule has 1 spiro atoms. The van der Waals surface area contributed by atoms with Crippen LogP contribution in [0.5, 0.6) is 0 Å². The van der Waals surface area contributed by atoms with Gasteiger partial charge in [0.2, 0.25) is 0 Å². The molecule has 146 valence electrons. The average molecular weight is 375 g/mol. The van der Waals surface area contributed by atoms with Gasteiger partial charge in [0.05, 0.1) is 6.33 Å². The number of hydrogen-bond acceptors (Lipinski definition) is 9. The molecule has 0 aliphatic carbocycles. The second-order valence-electron chi connectivity index (χ2n) is 8.29. The highest BCUT2D eigenvalue weighted by atomic mass is 16.6. The Balaban J connectivity index is 1.29. The monoisotopic (exact) mass is 375 g/mol. The number of hydrogen-bond donors (Lipinski definition) is 3. The van der Waals surface area contributed by atoms with Gasteiger partial charge in [0.1, 0.15) is 30.2 Å². The van der Waals surface area contributed by atoms with Crippen molar-refractivity contribution in [3.63, 3.8) is 0 Å². The second kappa shape index (κ2) is 6.08. The first-order valence-electron chi connectivity index (χ1n) is 9.31. The van der Waals surface area contributed by atoms with Crippen LogP contribution in [0, 0.1) is 5.41 Å². The van der Waals surface area contributed by atoms with Gasteiger partial charge in [0.25, 0.3) is 0 Å². The summed E-state index contributed by atoms with van der Waals surface area (Å²) in [6.45, 7) is 4.91. The van der Waals surface area contributed by atoms with E-state index in [2.05, 4.69) is 31.8 Å². The van der Waals surface area contributed by atoms with Crippen molar-refractivity contribution in [2.45, 2.75) is 31.0 Å². The fraction of sp³-hybridized carbons (Fsp3) is 0.706. The predicted molar refractivity (Wildman–Crippen MR) is 96.6 cm³/mol. The van der Waals surface area contributed by atoms with E-state index in [-0.39, 0.29) is 5.82 Å². The number of ether oxygens (including phenoxy) is 1. The molecule has 0 unspecified atom stereocenters.